The van der Waals surface area contributed by atoms with Crippen LogP contribution in [0.5, 0.6) is 5.75 Å². The highest BCUT2D eigenvalue weighted by molar-refractivity contribution is 6.15. The van der Waals surface area contributed by atoms with Gasteiger partial charge in [0.2, 0.25) is 5.91 Å². The number of fused-ring (bicyclic) bond motifs is 1. The molecule has 1 amide bonds. The van der Waals surface area contributed by atoms with Crippen LogP contribution in [0.3, 0.4) is 0 Å². The van der Waals surface area contributed by atoms with Crippen LogP contribution >= 0.6 is 0 Å². The van der Waals surface area contributed by atoms with E-state index in [-0.39, 0.29) is 5.91 Å². The minimum atomic E-state index is -0.236. The van der Waals surface area contributed by atoms with E-state index in [9.17, 15) is 4.79 Å². The third-order valence-corrected chi connectivity index (χ3v) is 4.77. The van der Waals surface area contributed by atoms with Gasteiger partial charge in [-0.25, -0.2) is 0 Å². The molecule has 4 rings (SSSR count). The van der Waals surface area contributed by atoms with Gasteiger partial charge in [-0.1, -0.05) is 36.4 Å². The Kier molecular flexibility index (Phi) is 5.47. The van der Waals surface area contributed by atoms with Gasteiger partial charge < -0.3 is 10.1 Å². The second-order valence-corrected chi connectivity index (χ2v) is 6.66. The molecule has 0 aliphatic carbocycles. The van der Waals surface area contributed by atoms with Gasteiger partial charge in [-0.15, -0.1) is 0 Å². The molecule has 0 radical (unpaired) electrons. The minimum Gasteiger partial charge on any atom is -0.495 e. The Morgan fingerprint density at radius 1 is 1.14 bits per heavy atom. The molecule has 0 bridgehead atoms. The number of aromatic nitrogens is 1. The summed E-state index contributed by atoms with van der Waals surface area (Å²) in [5, 5.41) is 2.87. The molecule has 144 valence electrons. The molecule has 29 heavy (non-hydrogen) atoms. The average Bonchev–Trinajstić information content (AvgIpc) is 2.78. The first-order valence-corrected chi connectivity index (χ1v) is 9.45. The Hall–Kier alpha value is -3.73. The molecule has 0 spiro atoms. The van der Waals surface area contributed by atoms with Crippen LogP contribution in [0.25, 0.3) is 6.08 Å². The summed E-state index contributed by atoms with van der Waals surface area (Å²) in [7, 11) is 1.59. The fraction of sp³-hybridized carbons (Fsp3) is 0.125. The van der Waals surface area contributed by atoms with Gasteiger partial charge in [0, 0.05) is 36.1 Å². The molecule has 3 aromatic rings. The average molecular weight is 383 g/mol. The van der Waals surface area contributed by atoms with E-state index in [4.69, 9.17) is 9.73 Å². The number of carbonyl (C=O) groups excluding carboxylic acids is 1. The summed E-state index contributed by atoms with van der Waals surface area (Å²) in [5.41, 5.74) is 5.85. The zero-order chi connectivity index (χ0) is 20.1. The molecule has 2 heterocycles. The van der Waals surface area contributed by atoms with Crippen molar-refractivity contribution in [1.82, 2.24) is 4.98 Å². The highest BCUT2D eigenvalue weighted by Gasteiger charge is 2.17. The van der Waals surface area contributed by atoms with Crippen molar-refractivity contribution in [3.8, 4) is 5.75 Å². The van der Waals surface area contributed by atoms with E-state index in [1.165, 1.54) is 11.6 Å². The van der Waals surface area contributed by atoms with Gasteiger partial charge in [0.15, 0.2) is 0 Å². The van der Waals surface area contributed by atoms with Gasteiger partial charge in [0.05, 0.1) is 18.5 Å². The topological polar surface area (TPSA) is 63.6 Å². The number of rotatable bonds is 5. The lowest BCUT2D eigenvalue weighted by Crippen LogP contribution is -2.14. The van der Waals surface area contributed by atoms with Gasteiger partial charge in [-0.3, -0.25) is 14.8 Å². The number of methoxy groups -OCH3 is 1. The smallest absolute Gasteiger partial charge is 0.248 e. The normalized spacial score (nSPS) is 12.9. The van der Waals surface area contributed by atoms with Crippen molar-refractivity contribution in [2.75, 3.05) is 19.0 Å². The molecule has 0 unspecified atom stereocenters. The molecule has 0 saturated heterocycles. The van der Waals surface area contributed by atoms with Crippen LogP contribution in [-0.4, -0.2) is 30.3 Å². The standard InChI is InChI=1S/C24H21N3O2/c1-29-22-15-19(24-20-7-3-2-6-18(20)12-14-26-24)9-10-21(22)27-23(28)11-8-17-5-4-13-25-16-17/h2-11,13,15-16H,12,14H2,1H3,(H,27,28)/b11-8+. The van der Waals surface area contributed by atoms with Gasteiger partial charge in [0.1, 0.15) is 5.75 Å². The molecule has 0 saturated carbocycles. The minimum absolute atomic E-state index is 0.236. The van der Waals surface area contributed by atoms with Crippen LogP contribution in [0, 0.1) is 0 Å². The summed E-state index contributed by atoms with van der Waals surface area (Å²) < 4.78 is 5.52. The van der Waals surface area contributed by atoms with E-state index in [1.54, 1.807) is 25.6 Å². The van der Waals surface area contributed by atoms with Gasteiger partial charge in [-0.05, 0) is 41.8 Å². The van der Waals surface area contributed by atoms with E-state index in [0.717, 1.165) is 35.4 Å². The lowest BCUT2D eigenvalue weighted by molar-refractivity contribution is -0.111. The monoisotopic (exact) mass is 383 g/mol. The van der Waals surface area contributed by atoms with Gasteiger partial charge in [0.25, 0.3) is 0 Å². The first kappa shape index (κ1) is 18.6. The van der Waals surface area contributed by atoms with E-state index < -0.39 is 0 Å². The molecule has 0 atom stereocenters. The molecule has 5 nitrogen and oxygen atoms in total. The quantitative estimate of drug-likeness (QED) is 0.674. The van der Waals surface area contributed by atoms with Crippen molar-refractivity contribution in [1.29, 1.82) is 0 Å². The predicted octanol–water partition coefficient (Wildman–Crippen LogP) is 4.14. The van der Waals surface area contributed by atoms with Crippen LogP contribution in [-0.2, 0) is 11.2 Å². The van der Waals surface area contributed by atoms with Gasteiger partial charge in [-0.2, -0.15) is 0 Å². The van der Waals surface area contributed by atoms with Crippen LogP contribution in [0.4, 0.5) is 5.69 Å². The zero-order valence-electron chi connectivity index (χ0n) is 16.1. The molecule has 1 aliphatic heterocycles. The van der Waals surface area contributed by atoms with Crippen molar-refractivity contribution < 1.29 is 9.53 Å². The summed E-state index contributed by atoms with van der Waals surface area (Å²) in [5.74, 6) is 0.358. The van der Waals surface area contributed by atoms with Crippen LogP contribution in [0.2, 0.25) is 0 Å². The third kappa shape index (κ3) is 4.24. The number of ether oxygens (including phenoxy) is 1. The summed E-state index contributed by atoms with van der Waals surface area (Å²) in [6.45, 7) is 0.770. The van der Waals surface area contributed by atoms with Crippen molar-refractivity contribution in [3.05, 3.63) is 95.3 Å². The molecule has 1 aromatic heterocycles. The van der Waals surface area contributed by atoms with E-state index in [2.05, 4.69) is 28.5 Å². The SMILES string of the molecule is COc1cc(C2=NCCc3ccccc32)ccc1NC(=O)/C=C/c1cccnc1. The molecule has 5 heteroatoms. The number of nitrogens with one attached hydrogen (secondary N) is 1. The van der Waals surface area contributed by atoms with Crippen LogP contribution in [0.1, 0.15) is 22.3 Å². The fourth-order valence-electron chi connectivity index (χ4n) is 3.35. The summed E-state index contributed by atoms with van der Waals surface area (Å²) in [4.78, 5) is 21.1. The second-order valence-electron chi connectivity index (χ2n) is 6.66. The van der Waals surface area contributed by atoms with Crippen LogP contribution < -0.4 is 10.1 Å². The predicted molar refractivity (Wildman–Crippen MR) is 116 cm³/mol. The lowest BCUT2D eigenvalue weighted by Gasteiger charge is -2.18. The molecular weight excluding hydrogens is 362 g/mol. The van der Waals surface area contributed by atoms with Crippen LogP contribution in [0.15, 0.2) is 78.1 Å². The number of amides is 1. The number of pyridine rings is 1. The van der Waals surface area contributed by atoms with Crippen molar-refractivity contribution >= 4 is 23.4 Å². The summed E-state index contributed by atoms with van der Waals surface area (Å²) in [6, 6.07) is 17.8. The number of hydrogen-bond acceptors (Lipinski definition) is 4. The van der Waals surface area contributed by atoms with E-state index in [1.807, 2.05) is 36.4 Å². The highest BCUT2D eigenvalue weighted by Crippen LogP contribution is 2.29. The molecule has 1 N–H and O–H groups in total. The second kappa shape index (κ2) is 8.52. The fourth-order valence-corrected chi connectivity index (χ4v) is 3.35. The third-order valence-electron chi connectivity index (χ3n) is 4.77. The molecule has 0 fully saturated rings. The Labute approximate surface area is 169 Å². The number of hydrogen-bond donors (Lipinski definition) is 1. The van der Waals surface area contributed by atoms with Crippen molar-refractivity contribution in [3.63, 3.8) is 0 Å². The first-order chi connectivity index (χ1) is 14.2. The van der Waals surface area contributed by atoms with E-state index >= 15 is 0 Å². The van der Waals surface area contributed by atoms with E-state index in [0.29, 0.717) is 11.4 Å². The molecular formula is C24H21N3O2. The Morgan fingerprint density at radius 3 is 2.86 bits per heavy atom. The molecule has 1 aliphatic rings. The Bertz CT molecular complexity index is 1090. The Morgan fingerprint density at radius 2 is 2.03 bits per heavy atom. The maximum atomic E-state index is 12.3. The zero-order valence-corrected chi connectivity index (χ0v) is 16.1. The maximum absolute atomic E-state index is 12.3. The largest absolute Gasteiger partial charge is 0.495 e. The maximum Gasteiger partial charge on any atom is 0.248 e. The summed E-state index contributed by atoms with van der Waals surface area (Å²) in [6.07, 6.45) is 7.54. The van der Waals surface area contributed by atoms with Crippen molar-refractivity contribution in [2.45, 2.75) is 6.42 Å². The van der Waals surface area contributed by atoms with Crippen molar-refractivity contribution in [2.24, 2.45) is 4.99 Å². The highest BCUT2D eigenvalue weighted by atomic mass is 16.5. The first-order valence-electron chi connectivity index (χ1n) is 9.45. The lowest BCUT2D eigenvalue weighted by atomic mass is 9.93. The number of carbonyl (C=O) groups is 1. The number of benzene rings is 2. The molecule has 2 aromatic carbocycles. The summed E-state index contributed by atoms with van der Waals surface area (Å²) >= 11 is 0. The Balaban J connectivity index is 1.55. The number of anilines is 1. The number of nitrogens with zero attached hydrogens (tertiary/aromatic N) is 2. The van der Waals surface area contributed by atoms with Gasteiger partial charge >= 0.3 is 0 Å². The number of aliphatic imine (C=N–C) groups is 1.